The average molecular weight is 395 g/mol. The van der Waals surface area contributed by atoms with Crippen LogP contribution in [0.15, 0.2) is 78.9 Å². The van der Waals surface area contributed by atoms with Gasteiger partial charge in [0.25, 0.3) is 0 Å². The van der Waals surface area contributed by atoms with E-state index in [2.05, 4.69) is 60.7 Å². The van der Waals surface area contributed by atoms with E-state index in [1.807, 2.05) is 39.0 Å². The minimum atomic E-state index is -2.65. The van der Waals surface area contributed by atoms with E-state index in [0.717, 1.165) is 18.4 Å². The minimum Gasteiger partial charge on any atom is -0.299 e. The largest absolute Gasteiger partial charge is 0.299 e. The second-order valence-electron chi connectivity index (χ2n) is 8.30. The van der Waals surface area contributed by atoms with Gasteiger partial charge in [0.15, 0.2) is 0 Å². The van der Waals surface area contributed by atoms with E-state index >= 15 is 0 Å². The zero-order valence-corrected chi connectivity index (χ0v) is 17.7. The van der Waals surface area contributed by atoms with Crippen molar-refractivity contribution in [3.63, 3.8) is 0 Å². The summed E-state index contributed by atoms with van der Waals surface area (Å²) in [6, 6.07) is 27.5. The zero-order valence-electron chi connectivity index (χ0n) is 16.9. The van der Waals surface area contributed by atoms with Gasteiger partial charge in [0.1, 0.15) is 0 Å². The van der Waals surface area contributed by atoms with Gasteiger partial charge in [-0.1, -0.05) is 78.9 Å². The monoisotopic (exact) mass is 394 g/mol. The second kappa shape index (κ2) is 8.52. The summed E-state index contributed by atoms with van der Waals surface area (Å²) < 4.78 is 20.2. The van der Waals surface area contributed by atoms with Gasteiger partial charge in [-0.05, 0) is 61.4 Å². The Balaban J connectivity index is 1.58. The van der Waals surface area contributed by atoms with Crippen LogP contribution in [0.1, 0.15) is 37.5 Å². The van der Waals surface area contributed by atoms with Gasteiger partial charge in [-0.2, -0.15) is 10.6 Å². The normalized spacial score (nSPS) is 12.8. The molecular weight excluding hydrogens is 364 g/mol. The first-order chi connectivity index (χ1) is 13.2. The smallest absolute Gasteiger partial charge is 0.0630 e. The molecule has 0 fully saturated rings. The fourth-order valence-electron chi connectivity index (χ4n) is 3.03. The first-order valence-corrected chi connectivity index (χ1v) is 11.4. The molecule has 0 atom stereocenters. The van der Waals surface area contributed by atoms with Gasteiger partial charge in [-0.3, -0.25) is 9.11 Å². The molecule has 0 amide bonds. The fourth-order valence-corrected chi connectivity index (χ4v) is 4.12. The first-order valence-electron chi connectivity index (χ1n) is 9.72. The molecule has 0 aliphatic heterocycles. The van der Waals surface area contributed by atoms with Crippen molar-refractivity contribution in [2.75, 3.05) is 0 Å². The van der Waals surface area contributed by atoms with Crippen molar-refractivity contribution in [2.45, 2.75) is 44.1 Å². The molecule has 0 unspecified atom stereocenters. The number of hydrogen-bond donors (Lipinski definition) is 2. The third kappa shape index (κ3) is 5.26. The summed E-state index contributed by atoms with van der Waals surface area (Å²) in [7, 11) is -2.65. The van der Waals surface area contributed by atoms with Crippen molar-refractivity contribution in [3.8, 4) is 11.1 Å². The Morgan fingerprint density at radius 2 is 1.04 bits per heavy atom. The second-order valence-corrected chi connectivity index (χ2v) is 11.1. The average Bonchev–Trinajstić information content (AvgIpc) is 2.67. The maximum atomic E-state index is 10.4. The summed E-state index contributed by atoms with van der Waals surface area (Å²) in [5, 5.41) is 0. The summed E-state index contributed by atoms with van der Waals surface area (Å²) in [4.78, 5) is 0. The molecule has 0 radical (unpaired) electrons. The van der Waals surface area contributed by atoms with Gasteiger partial charge in [-0.25, -0.2) is 0 Å². The molecule has 3 heteroatoms. The van der Waals surface area contributed by atoms with Crippen LogP contribution in [-0.2, 0) is 18.6 Å². The number of rotatable bonds is 6. The third-order valence-corrected chi connectivity index (χ3v) is 7.83. The van der Waals surface area contributed by atoms with Crippen LogP contribution in [0.2, 0.25) is 0 Å². The van der Waals surface area contributed by atoms with E-state index in [1.54, 1.807) is 0 Å². The maximum absolute atomic E-state index is 10.4. The van der Waals surface area contributed by atoms with Gasteiger partial charge < -0.3 is 0 Å². The molecule has 148 valence electrons. The molecule has 3 aromatic carbocycles. The molecule has 3 aromatic rings. The van der Waals surface area contributed by atoms with Crippen LogP contribution in [0.25, 0.3) is 11.1 Å². The van der Waals surface area contributed by atoms with Crippen LogP contribution in [-0.4, -0.2) is 13.9 Å². The molecule has 28 heavy (non-hydrogen) atoms. The fraction of sp³-hybridized carbons (Fsp3) is 0.280. The van der Waals surface area contributed by atoms with Crippen LogP contribution in [0.5, 0.6) is 0 Å². The lowest BCUT2D eigenvalue weighted by molar-refractivity contribution is 0.449. The highest BCUT2D eigenvalue weighted by Gasteiger charge is 2.29. The Bertz CT molecular complexity index is 877. The van der Waals surface area contributed by atoms with Crippen LogP contribution in [0.3, 0.4) is 0 Å². The maximum Gasteiger partial charge on any atom is 0.0630 e. The van der Waals surface area contributed by atoms with Crippen molar-refractivity contribution in [1.29, 1.82) is 0 Å². The van der Waals surface area contributed by atoms with Crippen LogP contribution < -0.4 is 0 Å². The summed E-state index contributed by atoms with van der Waals surface area (Å²) in [6.45, 7) is 5.62. The van der Waals surface area contributed by atoms with Crippen LogP contribution in [0, 0.1) is 0 Å². The van der Waals surface area contributed by atoms with Crippen molar-refractivity contribution in [3.05, 3.63) is 95.6 Å². The summed E-state index contributed by atoms with van der Waals surface area (Å²) in [6.07, 6.45) is 1.96. The summed E-state index contributed by atoms with van der Waals surface area (Å²) in [5.74, 6) is 0.317. The standard InChI is InChI=1S/C25H30O2S/c1-25(2,3)28(26,27)19-22-13-11-20(12-14-22)9-10-21-15-17-24(18-16-21)23-7-5-4-6-8-23/h4-8,11-18,26-27H,9-10,19H2,1-3H3. The highest BCUT2D eigenvalue weighted by atomic mass is 32.3. The molecule has 0 bridgehead atoms. The van der Waals surface area contributed by atoms with Gasteiger partial charge in [-0.15, -0.1) is 0 Å². The third-order valence-electron chi connectivity index (χ3n) is 5.14. The Hall–Kier alpha value is -2.07. The quantitative estimate of drug-likeness (QED) is 0.464. The van der Waals surface area contributed by atoms with Gasteiger partial charge in [0.05, 0.1) is 10.5 Å². The van der Waals surface area contributed by atoms with Crippen LogP contribution in [0.4, 0.5) is 0 Å². The van der Waals surface area contributed by atoms with Crippen molar-refractivity contribution < 1.29 is 9.11 Å². The van der Waals surface area contributed by atoms with Gasteiger partial charge >= 0.3 is 0 Å². The molecule has 2 N–H and O–H groups in total. The number of benzene rings is 3. The molecule has 0 saturated heterocycles. The van der Waals surface area contributed by atoms with E-state index in [9.17, 15) is 9.11 Å². The summed E-state index contributed by atoms with van der Waals surface area (Å²) in [5.41, 5.74) is 6.05. The molecule has 0 saturated carbocycles. The number of hydrogen-bond acceptors (Lipinski definition) is 2. The molecule has 3 rings (SSSR count). The molecule has 2 nitrogen and oxygen atoms in total. The van der Waals surface area contributed by atoms with Gasteiger partial charge in [0.2, 0.25) is 0 Å². The number of aryl methyl sites for hydroxylation is 2. The Morgan fingerprint density at radius 3 is 1.54 bits per heavy atom. The molecule has 0 heterocycles. The van der Waals surface area contributed by atoms with E-state index in [0.29, 0.717) is 5.75 Å². The zero-order chi connectivity index (χ0) is 20.2. The lowest BCUT2D eigenvalue weighted by Crippen LogP contribution is -2.25. The van der Waals surface area contributed by atoms with E-state index in [4.69, 9.17) is 0 Å². The lowest BCUT2D eigenvalue weighted by Gasteiger charge is -2.44. The first kappa shape index (κ1) is 20.7. The molecule has 0 aromatic heterocycles. The minimum absolute atomic E-state index is 0.317. The Labute approximate surface area is 170 Å². The Kier molecular flexibility index (Phi) is 6.29. The highest BCUT2D eigenvalue weighted by molar-refractivity contribution is 8.24. The van der Waals surface area contributed by atoms with E-state index < -0.39 is 15.3 Å². The summed E-state index contributed by atoms with van der Waals surface area (Å²) >= 11 is 0. The van der Waals surface area contributed by atoms with E-state index in [1.165, 1.54) is 22.3 Å². The molecule has 0 spiro atoms. The van der Waals surface area contributed by atoms with Crippen molar-refractivity contribution in [2.24, 2.45) is 0 Å². The molecular formula is C25H30O2S. The predicted octanol–water partition coefficient (Wildman–Crippen LogP) is 7.19. The molecule has 0 aliphatic carbocycles. The molecule has 0 aliphatic rings. The highest BCUT2D eigenvalue weighted by Crippen LogP contribution is 2.54. The Morgan fingerprint density at radius 1 is 0.607 bits per heavy atom. The van der Waals surface area contributed by atoms with Gasteiger partial charge in [0, 0.05) is 0 Å². The predicted molar refractivity (Wildman–Crippen MR) is 122 cm³/mol. The van der Waals surface area contributed by atoms with Crippen molar-refractivity contribution in [1.82, 2.24) is 0 Å². The van der Waals surface area contributed by atoms with Crippen LogP contribution >= 0.6 is 10.6 Å². The van der Waals surface area contributed by atoms with Crippen molar-refractivity contribution >= 4 is 10.6 Å². The van der Waals surface area contributed by atoms with E-state index in [-0.39, 0.29) is 0 Å². The lowest BCUT2D eigenvalue weighted by atomic mass is 10.00. The SMILES string of the molecule is CC(C)(C)S(O)(O)Cc1ccc(CCc2ccc(-c3ccccc3)cc2)cc1. The topological polar surface area (TPSA) is 40.5 Å².